The fourth-order valence-electron chi connectivity index (χ4n) is 7.09. The van der Waals surface area contributed by atoms with Gasteiger partial charge in [-0.05, 0) is 81.7 Å². The average Bonchev–Trinajstić information content (AvgIpc) is 2.99. The number of hydrogen-bond donors (Lipinski definition) is 2. The molecule has 5 fully saturated rings. The number of nitrogens with zero attached hydrogens (tertiary/aromatic N) is 4. The average molecular weight is 429 g/mol. The van der Waals surface area contributed by atoms with Gasteiger partial charge in [0, 0.05) is 26.7 Å². The lowest BCUT2D eigenvalue weighted by atomic mass is 9.52. The van der Waals surface area contributed by atoms with Crippen LogP contribution < -0.4 is 10.2 Å². The minimum atomic E-state index is -0.554. The van der Waals surface area contributed by atoms with Crippen LogP contribution in [0.1, 0.15) is 55.4 Å². The third kappa shape index (κ3) is 3.88. The van der Waals surface area contributed by atoms with Crippen LogP contribution in [0.25, 0.3) is 0 Å². The first-order valence-electron chi connectivity index (χ1n) is 11.7. The highest BCUT2D eigenvalue weighted by Gasteiger charge is 2.55. The standard InChI is InChI=1S/C22H33BFN5O2/c1-27(12-13-3-5-29(23)6-4-13)21-17(24)19(26-28(21)2)20(30)25-18-15-7-14-8-16(18)11-22(31,9-14)10-15/h13-16,18,31H,3-12H2,1-2H3,(H,25,30). The Morgan fingerprint density at radius 1 is 1.29 bits per heavy atom. The summed E-state index contributed by atoms with van der Waals surface area (Å²) >= 11 is 0. The molecule has 6 rings (SSSR count). The number of nitrogens with one attached hydrogen (secondary N) is 1. The summed E-state index contributed by atoms with van der Waals surface area (Å²) < 4.78 is 16.8. The van der Waals surface area contributed by atoms with E-state index in [1.54, 1.807) is 7.05 Å². The zero-order valence-electron chi connectivity index (χ0n) is 18.6. The highest BCUT2D eigenvalue weighted by molar-refractivity contribution is 6.04. The quantitative estimate of drug-likeness (QED) is 0.694. The van der Waals surface area contributed by atoms with E-state index in [1.807, 2.05) is 16.8 Å². The van der Waals surface area contributed by atoms with Crippen LogP contribution in [0.2, 0.25) is 0 Å². The highest BCUT2D eigenvalue weighted by Crippen LogP contribution is 2.55. The number of aryl methyl sites for hydroxylation is 1. The Bertz CT molecular complexity index is 839. The smallest absolute Gasteiger partial charge is 0.275 e. The maximum absolute atomic E-state index is 15.3. The van der Waals surface area contributed by atoms with Gasteiger partial charge in [-0.15, -0.1) is 0 Å². The minimum absolute atomic E-state index is 0.00774. The van der Waals surface area contributed by atoms with Crippen LogP contribution in [0.4, 0.5) is 10.2 Å². The number of carbonyl (C=O) groups excluding carboxylic acids is 1. The molecule has 5 aliphatic rings. The number of aromatic nitrogens is 2. The van der Waals surface area contributed by atoms with Crippen molar-refractivity contribution in [2.75, 3.05) is 31.6 Å². The first kappa shape index (κ1) is 21.3. The van der Waals surface area contributed by atoms with E-state index in [9.17, 15) is 9.90 Å². The molecule has 2 N–H and O–H groups in total. The van der Waals surface area contributed by atoms with Crippen molar-refractivity contribution < 1.29 is 14.3 Å². The number of amides is 1. The topological polar surface area (TPSA) is 73.6 Å². The third-order valence-electron chi connectivity index (χ3n) is 8.26. The summed E-state index contributed by atoms with van der Waals surface area (Å²) in [5, 5.41) is 18.1. The largest absolute Gasteiger partial charge is 0.390 e. The Balaban J connectivity index is 1.27. The normalized spacial score (nSPS) is 35.5. The monoisotopic (exact) mass is 429 g/mol. The number of rotatable bonds is 5. The summed E-state index contributed by atoms with van der Waals surface area (Å²) in [7, 11) is 9.38. The molecule has 1 amide bonds. The molecule has 1 aromatic rings. The van der Waals surface area contributed by atoms with Crippen molar-refractivity contribution in [2.45, 2.75) is 56.6 Å². The van der Waals surface area contributed by atoms with Crippen LogP contribution in [0.15, 0.2) is 0 Å². The van der Waals surface area contributed by atoms with Crippen LogP contribution >= 0.6 is 0 Å². The molecule has 0 spiro atoms. The summed E-state index contributed by atoms with van der Waals surface area (Å²) in [5.74, 6) is 0.920. The Labute approximate surface area is 184 Å². The molecule has 1 aliphatic heterocycles. The first-order valence-corrected chi connectivity index (χ1v) is 11.7. The van der Waals surface area contributed by atoms with Crippen LogP contribution in [0, 0.1) is 29.5 Å². The molecule has 168 valence electrons. The maximum Gasteiger partial charge on any atom is 0.275 e. The van der Waals surface area contributed by atoms with Crippen molar-refractivity contribution in [3.8, 4) is 0 Å². The predicted molar refractivity (Wildman–Crippen MR) is 116 cm³/mol. The predicted octanol–water partition coefficient (Wildman–Crippen LogP) is 1.46. The lowest BCUT2D eigenvalue weighted by Crippen LogP contribution is -2.61. The van der Waals surface area contributed by atoms with E-state index in [0.717, 1.165) is 58.0 Å². The fraction of sp³-hybridized carbons (Fsp3) is 0.818. The lowest BCUT2D eigenvalue weighted by molar-refractivity contribution is -0.137. The molecule has 7 nitrogen and oxygen atoms in total. The summed E-state index contributed by atoms with van der Waals surface area (Å²) in [6.45, 7) is 2.40. The molecule has 4 bridgehead atoms. The number of anilines is 1. The van der Waals surface area contributed by atoms with E-state index in [1.165, 1.54) is 4.68 Å². The highest BCUT2D eigenvalue weighted by atomic mass is 19.1. The summed E-state index contributed by atoms with van der Waals surface area (Å²) in [6, 6.07) is 0.00774. The molecule has 2 radical (unpaired) electrons. The molecular weight excluding hydrogens is 396 g/mol. The van der Waals surface area contributed by atoms with Gasteiger partial charge in [-0.3, -0.25) is 4.79 Å². The Kier molecular flexibility index (Phi) is 5.32. The zero-order valence-corrected chi connectivity index (χ0v) is 18.6. The molecule has 9 heteroatoms. The van der Waals surface area contributed by atoms with Crippen molar-refractivity contribution in [1.29, 1.82) is 0 Å². The van der Waals surface area contributed by atoms with E-state index < -0.39 is 17.3 Å². The van der Waals surface area contributed by atoms with Gasteiger partial charge in [-0.2, -0.15) is 5.10 Å². The molecule has 4 aliphatic carbocycles. The van der Waals surface area contributed by atoms with Crippen LogP contribution in [0.5, 0.6) is 0 Å². The van der Waals surface area contributed by atoms with E-state index in [-0.39, 0.29) is 23.6 Å². The van der Waals surface area contributed by atoms with Gasteiger partial charge in [-0.1, -0.05) is 0 Å². The number of piperidine rings is 1. The molecule has 1 aromatic heterocycles. The number of aliphatic hydroxyl groups is 1. The summed E-state index contributed by atoms with van der Waals surface area (Å²) in [5.41, 5.74) is -0.683. The van der Waals surface area contributed by atoms with Crippen LogP contribution in [0.3, 0.4) is 0 Å². The third-order valence-corrected chi connectivity index (χ3v) is 8.26. The molecule has 31 heavy (non-hydrogen) atoms. The molecule has 2 heterocycles. The van der Waals surface area contributed by atoms with Crippen molar-refractivity contribution >= 4 is 19.7 Å². The fourth-order valence-corrected chi connectivity index (χ4v) is 7.09. The Morgan fingerprint density at radius 2 is 1.94 bits per heavy atom. The van der Waals surface area contributed by atoms with Gasteiger partial charge in [0.25, 0.3) is 5.91 Å². The summed E-state index contributed by atoms with van der Waals surface area (Å²) in [6.07, 6.45) is 6.43. The van der Waals surface area contributed by atoms with Crippen LogP contribution in [-0.2, 0) is 7.05 Å². The second-order valence-corrected chi connectivity index (χ2v) is 10.7. The molecule has 2 atom stereocenters. The van der Waals surface area contributed by atoms with Crippen molar-refractivity contribution in [1.82, 2.24) is 19.9 Å². The molecule has 1 saturated heterocycles. The second-order valence-electron chi connectivity index (χ2n) is 10.7. The molecule has 4 saturated carbocycles. The van der Waals surface area contributed by atoms with Crippen molar-refractivity contribution in [3.05, 3.63) is 11.5 Å². The second kappa shape index (κ2) is 7.76. The number of halogens is 1. The summed E-state index contributed by atoms with van der Waals surface area (Å²) in [4.78, 5) is 16.7. The van der Waals surface area contributed by atoms with Crippen molar-refractivity contribution in [2.24, 2.45) is 30.7 Å². The van der Waals surface area contributed by atoms with E-state index in [0.29, 0.717) is 24.2 Å². The van der Waals surface area contributed by atoms with Gasteiger partial charge in [-0.25, -0.2) is 9.07 Å². The molecular formula is C22H33BFN5O2. The first-order chi connectivity index (χ1) is 14.7. The SMILES string of the molecule is [B]N1CCC(CN(C)c2c(F)c(C(=O)NC3C4CC5CC3CC(O)(C5)C4)nn2C)CC1. The zero-order chi connectivity index (χ0) is 21.9. The van der Waals surface area contributed by atoms with Gasteiger partial charge in [0.05, 0.1) is 5.60 Å². The number of carbonyl (C=O) groups is 1. The van der Waals surface area contributed by atoms with Gasteiger partial charge in [0.2, 0.25) is 0 Å². The molecule has 0 aromatic carbocycles. The van der Waals surface area contributed by atoms with Gasteiger partial charge in [0.15, 0.2) is 25.3 Å². The molecule has 2 unspecified atom stereocenters. The van der Waals surface area contributed by atoms with Gasteiger partial charge < -0.3 is 20.1 Å². The van der Waals surface area contributed by atoms with E-state index >= 15 is 4.39 Å². The Morgan fingerprint density at radius 3 is 2.55 bits per heavy atom. The van der Waals surface area contributed by atoms with Crippen molar-refractivity contribution in [3.63, 3.8) is 0 Å². The Hall–Kier alpha value is -1.61. The van der Waals surface area contributed by atoms with Gasteiger partial charge in [0.1, 0.15) is 0 Å². The van der Waals surface area contributed by atoms with Crippen LogP contribution in [-0.4, -0.2) is 71.9 Å². The number of hydrogen-bond acceptors (Lipinski definition) is 5. The minimum Gasteiger partial charge on any atom is -0.390 e. The maximum atomic E-state index is 15.3. The van der Waals surface area contributed by atoms with Gasteiger partial charge >= 0.3 is 0 Å². The van der Waals surface area contributed by atoms with E-state index in [2.05, 4.69) is 10.4 Å². The lowest BCUT2D eigenvalue weighted by Gasteiger charge is -2.58. The van der Waals surface area contributed by atoms with E-state index in [4.69, 9.17) is 7.98 Å².